The van der Waals surface area contributed by atoms with Crippen molar-refractivity contribution in [3.63, 3.8) is 0 Å². The third kappa shape index (κ3) is 6.55. The lowest BCUT2D eigenvalue weighted by Crippen LogP contribution is -2.32. The molecule has 0 aliphatic carbocycles. The lowest BCUT2D eigenvalue weighted by molar-refractivity contribution is 0.0956. The first-order valence-corrected chi connectivity index (χ1v) is 14.1. The molecule has 2 aromatic rings. The number of nitrogens with one attached hydrogen (secondary N) is 1. The molecule has 174 valence electrons. The SMILES string of the molecule is O=C(NCCSCc1c(Cl)cccc1Cl)c1cc(S(=O)(=O)N2CCCCCC2)ccc1Cl. The zero-order chi connectivity index (χ0) is 23.1. The number of hydrogen-bond donors (Lipinski definition) is 1. The lowest BCUT2D eigenvalue weighted by Gasteiger charge is -2.20. The summed E-state index contributed by atoms with van der Waals surface area (Å²) in [5, 5.41) is 4.25. The summed E-state index contributed by atoms with van der Waals surface area (Å²) in [7, 11) is -3.66. The first kappa shape index (κ1) is 25.7. The highest BCUT2D eigenvalue weighted by Gasteiger charge is 2.26. The lowest BCUT2D eigenvalue weighted by atomic mass is 10.2. The molecule has 1 N–H and O–H groups in total. The predicted molar refractivity (Wildman–Crippen MR) is 134 cm³/mol. The molecule has 10 heteroatoms. The summed E-state index contributed by atoms with van der Waals surface area (Å²) in [5.41, 5.74) is 1.02. The Hall–Kier alpha value is -0.960. The van der Waals surface area contributed by atoms with E-state index in [1.807, 2.05) is 0 Å². The Morgan fingerprint density at radius 1 is 0.969 bits per heavy atom. The molecule has 1 amide bonds. The summed E-state index contributed by atoms with van der Waals surface area (Å²) in [6.45, 7) is 1.39. The van der Waals surface area contributed by atoms with Crippen molar-refractivity contribution >= 4 is 62.5 Å². The van der Waals surface area contributed by atoms with Gasteiger partial charge in [-0.3, -0.25) is 4.79 Å². The molecule has 3 rings (SSSR count). The summed E-state index contributed by atoms with van der Waals surface area (Å²) in [6.07, 6.45) is 3.75. The van der Waals surface area contributed by atoms with E-state index in [1.54, 1.807) is 30.0 Å². The maximum Gasteiger partial charge on any atom is 0.252 e. The van der Waals surface area contributed by atoms with E-state index < -0.39 is 15.9 Å². The van der Waals surface area contributed by atoms with Gasteiger partial charge in [0.25, 0.3) is 5.91 Å². The summed E-state index contributed by atoms with van der Waals surface area (Å²) < 4.78 is 27.6. The van der Waals surface area contributed by atoms with Crippen LogP contribution < -0.4 is 5.32 Å². The number of sulfonamides is 1. The molecule has 1 aliphatic heterocycles. The Kier molecular flexibility index (Phi) is 9.58. The van der Waals surface area contributed by atoms with Crippen LogP contribution in [0.3, 0.4) is 0 Å². The van der Waals surface area contributed by atoms with Crippen LogP contribution in [0.1, 0.15) is 41.6 Å². The fraction of sp³-hybridized carbons (Fsp3) is 0.409. The molecule has 1 heterocycles. The predicted octanol–water partition coefficient (Wildman–Crippen LogP) is 5.87. The number of benzene rings is 2. The number of halogens is 3. The van der Waals surface area contributed by atoms with Gasteiger partial charge in [-0.15, -0.1) is 0 Å². The largest absolute Gasteiger partial charge is 0.351 e. The number of thioether (sulfide) groups is 1. The van der Waals surface area contributed by atoms with Gasteiger partial charge < -0.3 is 5.32 Å². The molecule has 5 nitrogen and oxygen atoms in total. The van der Waals surface area contributed by atoms with Crippen molar-refractivity contribution in [2.75, 3.05) is 25.4 Å². The van der Waals surface area contributed by atoms with Gasteiger partial charge in [0.1, 0.15) is 0 Å². The molecule has 1 saturated heterocycles. The van der Waals surface area contributed by atoms with E-state index in [9.17, 15) is 13.2 Å². The Morgan fingerprint density at radius 3 is 2.28 bits per heavy atom. The molecule has 0 saturated carbocycles. The molecule has 32 heavy (non-hydrogen) atoms. The summed E-state index contributed by atoms with van der Waals surface area (Å²) >= 11 is 20.1. The molecular formula is C22H25Cl3N2O3S2. The molecule has 0 unspecified atom stereocenters. The smallest absolute Gasteiger partial charge is 0.252 e. The maximum absolute atomic E-state index is 13.0. The van der Waals surface area contributed by atoms with Gasteiger partial charge in [0, 0.05) is 41.2 Å². The van der Waals surface area contributed by atoms with Crippen LogP contribution in [0.15, 0.2) is 41.3 Å². The second kappa shape index (κ2) is 12.0. The van der Waals surface area contributed by atoms with Crippen molar-refractivity contribution in [2.24, 2.45) is 0 Å². The van der Waals surface area contributed by atoms with Gasteiger partial charge in [-0.1, -0.05) is 53.7 Å². The minimum absolute atomic E-state index is 0.0942. The summed E-state index contributed by atoms with van der Waals surface area (Å²) in [5.74, 6) is 0.856. The van der Waals surface area contributed by atoms with Gasteiger partial charge in [-0.25, -0.2) is 8.42 Å². The van der Waals surface area contributed by atoms with Gasteiger partial charge in [0.15, 0.2) is 0 Å². The van der Waals surface area contributed by atoms with Crippen molar-refractivity contribution in [1.82, 2.24) is 9.62 Å². The second-order valence-electron chi connectivity index (χ2n) is 7.47. The number of hydrogen-bond acceptors (Lipinski definition) is 4. The number of carbonyl (C=O) groups excluding carboxylic acids is 1. The standard InChI is InChI=1S/C22H25Cl3N2O3S2/c23-19-6-5-7-20(24)18(19)15-31-13-10-26-22(28)17-14-16(8-9-21(17)25)32(29,30)27-11-3-1-2-4-12-27/h5-9,14H,1-4,10-13,15H2,(H,26,28). The minimum Gasteiger partial charge on any atom is -0.351 e. The van der Waals surface area contributed by atoms with Crippen LogP contribution in [0.2, 0.25) is 15.1 Å². The van der Waals surface area contributed by atoms with Gasteiger partial charge in [0.2, 0.25) is 10.0 Å². The van der Waals surface area contributed by atoms with Crippen LogP contribution in [0, 0.1) is 0 Å². The average molecular weight is 536 g/mol. The minimum atomic E-state index is -3.66. The topological polar surface area (TPSA) is 66.5 Å². The molecule has 0 bridgehead atoms. The van der Waals surface area contributed by atoms with E-state index in [0.29, 0.717) is 41.2 Å². The Morgan fingerprint density at radius 2 is 1.62 bits per heavy atom. The normalized spacial score (nSPS) is 15.3. The molecule has 0 spiro atoms. The van der Waals surface area contributed by atoms with E-state index in [1.165, 1.54) is 22.5 Å². The van der Waals surface area contributed by atoms with E-state index in [-0.39, 0.29) is 15.5 Å². The number of amides is 1. The van der Waals surface area contributed by atoms with Crippen molar-refractivity contribution in [2.45, 2.75) is 36.3 Å². The third-order valence-electron chi connectivity index (χ3n) is 5.23. The zero-order valence-electron chi connectivity index (χ0n) is 17.5. The molecule has 1 fully saturated rings. The molecule has 2 aromatic carbocycles. The van der Waals surface area contributed by atoms with Crippen LogP contribution in [-0.4, -0.2) is 44.0 Å². The molecule has 0 radical (unpaired) electrons. The summed E-state index contributed by atoms with van der Waals surface area (Å²) in [6, 6.07) is 9.68. The first-order chi connectivity index (χ1) is 15.3. The summed E-state index contributed by atoms with van der Waals surface area (Å²) in [4.78, 5) is 12.8. The van der Waals surface area contributed by atoms with Crippen molar-refractivity contribution in [3.8, 4) is 0 Å². The van der Waals surface area contributed by atoms with Gasteiger partial charge >= 0.3 is 0 Å². The third-order valence-corrected chi connectivity index (χ3v) is 9.14. The molecule has 1 aliphatic rings. The quantitative estimate of drug-likeness (QED) is 0.429. The second-order valence-corrected chi connectivity index (χ2v) is 11.7. The average Bonchev–Trinajstić information content (AvgIpc) is 3.05. The van der Waals surface area contributed by atoms with Gasteiger partial charge in [-0.2, -0.15) is 16.1 Å². The van der Waals surface area contributed by atoms with Crippen molar-refractivity contribution < 1.29 is 13.2 Å². The first-order valence-electron chi connectivity index (χ1n) is 10.4. The number of rotatable bonds is 8. The van der Waals surface area contributed by atoms with Gasteiger partial charge in [-0.05, 0) is 48.7 Å². The number of nitrogens with zero attached hydrogens (tertiary/aromatic N) is 1. The van der Waals surface area contributed by atoms with Crippen LogP contribution in [0.25, 0.3) is 0 Å². The molecule has 0 atom stereocenters. The van der Waals surface area contributed by atoms with Crippen molar-refractivity contribution in [3.05, 3.63) is 62.6 Å². The van der Waals surface area contributed by atoms with Crippen LogP contribution >= 0.6 is 46.6 Å². The highest BCUT2D eigenvalue weighted by Crippen LogP contribution is 2.28. The Bertz CT molecular complexity index is 1040. The fourth-order valence-corrected chi connectivity index (χ4v) is 6.79. The van der Waals surface area contributed by atoms with E-state index >= 15 is 0 Å². The number of carbonyl (C=O) groups is 1. The maximum atomic E-state index is 13.0. The van der Waals surface area contributed by atoms with E-state index in [2.05, 4.69) is 5.32 Å². The van der Waals surface area contributed by atoms with E-state index in [0.717, 1.165) is 31.2 Å². The fourth-order valence-electron chi connectivity index (χ4n) is 3.45. The van der Waals surface area contributed by atoms with Crippen LogP contribution in [0.5, 0.6) is 0 Å². The molecule has 0 aromatic heterocycles. The highest BCUT2D eigenvalue weighted by molar-refractivity contribution is 7.98. The Balaban J connectivity index is 1.59. The van der Waals surface area contributed by atoms with Crippen LogP contribution in [0.4, 0.5) is 0 Å². The molecular weight excluding hydrogens is 511 g/mol. The van der Waals surface area contributed by atoms with Gasteiger partial charge in [0.05, 0.1) is 15.5 Å². The highest BCUT2D eigenvalue weighted by atomic mass is 35.5. The monoisotopic (exact) mass is 534 g/mol. The Labute approximate surface area is 208 Å². The van der Waals surface area contributed by atoms with E-state index in [4.69, 9.17) is 34.8 Å². The van der Waals surface area contributed by atoms with Crippen molar-refractivity contribution in [1.29, 1.82) is 0 Å². The van der Waals surface area contributed by atoms with Crippen LogP contribution in [-0.2, 0) is 15.8 Å². The zero-order valence-corrected chi connectivity index (χ0v) is 21.4.